The van der Waals surface area contributed by atoms with Crippen LogP contribution in [0.3, 0.4) is 0 Å². The Bertz CT molecular complexity index is 2510. The number of amides is 8. The Hall–Kier alpha value is -6.98. The van der Waals surface area contributed by atoms with Crippen molar-refractivity contribution in [2.24, 2.45) is 0 Å². The van der Waals surface area contributed by atoms with E-state index in [4.69, 9.17) is 0 Å². The van der Waals surface area contributed by atoms with Gasteiger partial charge >= 0.3 is 0 Å². The van der Waals surface area contributed by atoms with Gasteiger partial charge in [-0.25, -0.2) is 0 Å². The van der Waals surface area contributed by atoms with Crippen LogP contribution in [0.2, 0.25) is 0 Å². The first-order valence-electron chi connectivity index (χ1n) is 21.1. The molecule has 17 nitrogen and oxygen atoms in total. The van der Waals surface area contributed by atoms with Gasteiger partial charge in [0, 0.05) is 76.6 Å². The van der Waals surface area contributed by atoms with Gasteiger partial charge in [0.05, 0.1) is 28.9 Å². The van der Waals surface area contributed by atoms with Crippen LogP contribution in [0, 0.1) is 0 Å². The Balaban J connectivity index is 0.773. The van der Waals surface area contributed by atoms with Crippen LogP contribution >= 0.6 is 0 Å². The average Bonchev–Trinajstić information content (AvgIpc) is 3.80. The molecule has 17 heteroatoms. The summed E-state index contributed by atoms with van der Waals surface area (Å²) in [5.41, 5.74) is 5.05. The fourth-order valence-electron chi connectivity index (χ4n) is 8.88. The van der Waals surface area contributed by atoms with Crippen LogP contribution in [-0.4, -0.2) is 106 Å². The van der Waals surface area contributed by atoms with E-state index in [0.717, 1.165) is 54.1 Å². The summed E-state index contributed by atoms with van der Waals surface area (Å²) in [6.45, 7) is 2.55. The van der Waals surface area contributed by atoms with Crippen LogP contribution in [0.4, 0.5) is 11.4 Å². The largest absolute Gasteiger partial charge is 0.347 e. The van der Waals surface area contributed by atoms with E-state index in [9.17, 15) is 38.4 Å². The maximum Gasteiger partial charge on any atom is 0.268 e. The van der Waals surface area contributed by atoms with Crippen molar-refractivity contribution in [2.45, 2.75) is 69.7 Å². The molecule has 2 fully saturated rings. The third kappa shape index (κ3) is 8.61. The summed E-state index contributed by atoms with van der Waals surface area (Å²) in [5.74, 6) is -3.57. The van der Waals surface area contributed by atoms with Gasteiger partial charge in [0.15, 0.2) is 0 Å². The van der Waals surface area contributed by atoms with Crippen molar-refractivity contribution >= 4 is 58.6 Å². The number of carbonyl (C=O) groups is 8. The number of fused-ring (bicyclic) bond motifs is 3. The Morgan fingerprint density at radius 1 is 0.825 bits per heavy atom. The maximum absolute atomic E-state index is 13.5. The maximum atomic E-state index is 13.5. The second-order valence-corrected chi connectivity index (χ2v) is 16.5. The van der Waals surface area contributed by atoms with Gasteiger partial charge in [0.25, 0.3) is 23.6 Å². The summed E-state index contributed by atoms with van der Waals surface area (Å²) in [5, 5.41) is 13.6. The predicted molar refractivity (Wildman–Crippen MR) is 230 cm³/mol. The molecule has 1 spiro atoms. The smallest absolute Gasteiger partial charge is 0.268 e. The summed E-state index contributed by atoms with van der Waals surface area (Å²) in [6, 6.07) is 22.3. The monoisotopic (exact) mass is 855 g/mol. The zero-order chi connectivity index (χ0) is 44.4. The van der Waals surface area contributed by atoms with E-state index >= 15 is 0 Å². The molecule has 3 aliphatic heterocycles. The summed E-state index contributed by atoms with van der Waals surface area (Å²) in [4.78, 5) is 107. The molecule has 1 aromatic heterocycles. The molecule has 1 saturated heterocycles. The van der Waals surface area contributed by atoms with Crippen molar-refractivity contribution in [3.63, 3.8) is 0 Å². The van der Waals surface area contributed by atoms with Gasteiger partial charge in [-0.15, -0.1) is 0 Å². The molecule has 0 bridgehead atoms. The van der Waals surface area contributed by atoms with E-state index in [0.29, 0.717) is 30.0 Å². The van der Waals surface area contributed by atoms with Crippen molar-refractivity contribution in [3.8, 4) is 0 Å². The molecule has 326 valence electrons. The quantitative estimate of drug-likeness (QED) is 0.0925. The molecule has 1 atom stereocenters. The van der Waals surface area contributed by atoms with Crippen LogP contribution in [0.1, 0.15) is 96.9 Å². The lowest BCUT2D eigenvalue weighted by atomic mass is 9.71. The van der Waals surface area contributed by atoms with Gasteiger partial charge in [-0.05, 0) is 85.3 Å². The third-order valence-electron chi connectivity index (χ3n) is 12.3. The van der Waals surface area contributed by atoms with Crippen LogP contribution < -0.4 is 26.6 Å². The van der Waals surface area contributed by atoms with E-state index in [1.54, 1.807) is 31.1 Å². The molecule has 4 aromatic rings. The fraction of sp³-hybridized carbons (Fsp3) is 0.348. The van der Waals surface area contributed by atoms with E-state index < -0.39 is 35.6 Å². The van der Waals surface area contributed by atoms with Crippen LogP contribution in [-0.2, 0) is 44.4 Å². The SMILES string of the molecule is CN(C)C(=O)c1ccc(CN2CCn3c(C(=O)NCc4ccc(NC(=O)CCNCC(=O)Nc5cccc6c5C(=O)N(C5CCC(=O)NC5=O)C6=O)cc4)ccc3C23CCC3)cc1. The number of benzene rings is 3. The molecule has 63 heavy (non-hydrogen) atoms. The minimum absolute atomic E-state index is 0.00788. The highest BCUT2D eigenvalue weighted by atomic mass is 16.2. The Morgan fingerprint density at radius 3 is 2.27 bits per heavy atom. The second-order valence-electron chi connectivity index (χ2n) is 16.5. The highest BCUT2D eigenvalue weighted by Crippen LogP contribution is 2.49. The Labute approximate surface area is 363 Å². The zero-order valence-corrected chi connectivity index (χ0v) is 35.1. The molecule has 1 saturated carbocycles. The lowest BCUT2D eigenvalue weighted by Gasteiger charge is -2.53. The van der Waals surface area contributed by atoms with Crippen LogP contribution in [0.15, 0.2) is 78.9 Å². The van der Waals surface area contributed by atoms with E-state index in [2.05, 4.69) is 42.1 Å². The minimum Gasteiger partial charge on any atom is -0.347 e. The fourth-order valence-corrected chi connectivity index (χ4v) is 8.88. The molecular weight excluding hydrogens is 807 g/mol. The molecule has 8 rings (SSSR count). The van der Waals surface area contributed by atoms with Crippen LogP contribution in [0.5, 0.6) is 0 Å². The minimum atomic E-state index is -1.13. The normalized spacial score (nSPS) is 17.7. The topological polar surface area (TPSA) is 211 Å². The number of nitrogens with zero attached hydrogens (tertiary/aromatic N) is 4. The van der Waals surface area contributed by atoms with Crippen molar-refractivity contribution in [2.75, 3.05) is 44.4 Å². The first kappa shape index (κ1) is 42.7. The van der Waals surface area contributed by atoms with Gasteiger partial charge in [-0.1, -0.05) is 30.3 Å². The predicted octanol–water partition coefficient (Wildman–Crippen LogP) is 2.97. The zero-order valence-electron chi connectivity index (χ0n) is 35.1. The molecule has 1 aliphatic carbocycles. The Morgan fingerprint density at radius 2 is 1.57 bits per heavy atom. The number of hydrogen-bond acceptors (Lipinski definition) is 10. The van der Waals surface area contributed by atoms with Gasteiger partial charge < -0.3 is 30.7 Å². The molecular formula is C46H49N9O8. The van der Waals surface area contributed by atoms with Gasteiger partial charge in [0.1, 0.15) is 11.7 Å². The highest BCUT2D eigenvalue weighted by Gasteiger charge is 2.49. The Kier molecular flexibility index (Phi) is 12.1. The standard InChI is InChI=1S/C46H49N9O8/c1-52(2)43(61)30-11-7-29(8-12-30)27-53-23-24-54-34(15-17-36(54)46(53)20-4-21-46)41(59)48-25-28-9-13-31(14-10-28)49-38(57)19-22-47-26-39(58)50-33-6-3-5-32-40(33)45(63)55(44(32)62)35-16-18-37(56)51-42(35)60/h3,5-15,17,35,47H,4,16,18-27H2,1-2H3,(H,48,59)(H,49,57)(H,50,58)(H,51,56,60). The van der Waals surface area contributed by atoms with Gasteiger partial charge in [0.2, 0.25) is 23.6 Å². The van der Waals surface area contributed by atoms with Crippen molar-refractivity contribution in [1.29, 1.82) is 0 Å². The summed E-state index contributed by atoms with van der Waals surface area (Å²) in [6.07, 6.45) is 3.24. The number of hydrogen-bond donors (Lipinski definition) is 5. The second kappa shape index (κ2) is 17.8. The van der Waals surface area contributed by atoms with Crippen molar-refractivity contribution < 1.29 is 38.4 Å². The number of rotatable bonds is 14. The number of aromatic nitrogens is 1. The summed E-state index contributed by atoms with van der Waals surface area (Å²) >= 11 is 0. The number of imide groups is 2. The molecule has 8 amide bonds. The van der Waals surface area contributed by atoms with Gasteiger partial charge in [-0.2, -0.15) is 0 Å². The van der Waals surface area contributed by atoms with Crippen molar-refractivity contribution in [3.05, 3.63) is 118 Å². The van der Waals surface area contributed by atoms with Gasteiger partial charge in [-0.3, -0.25) is 53.5 Å². The van der Waals surface area contributed by atoms with Crippen LogP contribution in [0.25, 0.3) is 0 Å². The van der Waals surface area contributed by atoms with Crippen molar-refractivity contribution in [1.82, 2.24) is 35.2 Å². The van der Waals surface area contributed by atoms with E-state index in [1.807, 2.05) is 42.5 Å². The number of nitrogens with one attached hydrogen (secondary N) is 5. The lowest BCUT2D eigenvalue weighted by molar-refractivity contribution is -0.136. The first-order valence-corrected chi connectivity index (χ1v) is 21.1. The third-order valence-corrected chi connectivity index (χ3v) is 12.3. The molecule has 1 unspecified atom stereocenters. The number of anilines is 2. The molecule has 0 radical (unpaired) electrons. The van der Waals surface area contributed by atoms with E-state index in [-0.39, 0.29) is 72.4 Å². The molecule has 4 heterocycles. The first-order chi connectivity index (χ1) is 30.3. The number of piperidine rings is 1. The van der Waals surface area contributed by atoms with E-state index in [1.165, 1.54) is 18.2 Å². The molecule has 5 N–H and O–H groups in total. The molecule has 4 aliphatic rings. The highest BCUT2D eigenvalue weighted by molar-refractivity contribution is 6.26. The molecule has 3 aromatic carbocycles. The number of carbonyl (C=O) groups excluding carboxylic acids is 8. The average molecular weight is 856 g/mol. The lowest BCUT2D eigenvalue weighted by Crippen LogP contribution is -2.56. The summed E-state index contributed by atoms with van der Waals surface area (Å²) < 4.78 is 2.16. The summed E-state index contributed by atoms with van der Waals surface area (Å²) in [7, 11) is 3.49.